The van der Waals surface area contributed by atoms with Gasteiger partial charge in [0.05, 0.1) is 21.5 Å². The van der Waals surface area contributed by atoms with Gasteiger partial charge >= 0.3 is 0 Å². The predicted octanol–water partition coefficient (Wildman–Crippen LogP) is 5.99. The van der Waals surface area contributed by atoms with Crippen LogP contribution in [0.15, 0.2) is 46.0 Å². The number of amides is 1. The molecule has 3 aromatic rings. The first-order valence-electron chi connectivity index (χ1n) is 7.68. The Labute approximate surface area is 184 Å². The minimum absolute atomic E-state index is 0.0228. The number of carbonyl (C=O) groups excluding carboxylic acids is 1. The molecule has 0 aliphatic heterocycles. The topological polar surface area (TPSA) is 77.2 Å². The normalized spacial score (nSPS) is 10.7. The number of halogens is 4. The monoisotopic (exact) mass is 477 g/mol. The zero-order valence-corrected chi connectivity index (χ0v) is 17.8. The van der Waals surface area contributed by atoms with E-state index in [0.29, 0.717) is 21.5 Å². The third-order valence-electron chi connectivity index (χ3n) is 3.22. The van der Waals surface area contributed by atoms with Crippen molar-refractivity contribution in [3.8, 4) is 5.75 Å². The van der Waals surface area contributed by atoms with Gasteiger partial charge in [0.15, 0.2) is 6.61 Å². The van der Waals surface area contributed by atoms with Crippen molar-refractivity contribution in [2.75, 3.05) is 11.1 Å². The van der Waals surface area contributed by atoms with Gasteiger partial charge in [-0.2, -0.15) is 0 Å². The molecule has 0 aliphatic rings. The quantitative estimate of drug-likeness (QED) is 0.420. The van der Waals surface area contributed by atoms with Crippen molar-refractivity contribution in [1.29, 1.82) is 0 Å². The molecular formula is C17H11Cl4N3O3S. The molecule has 0 aliphatic carbocycles. The largest absolute Gasteiger partial charge is 0.484 e. The van der Waals surface area contributed by atoms with Crippen molar-refractivity contribution in [1.82, 2.24) is 10.2 Å². The molecule has 11 heteroatoms. The van der Waals surface area contributed by atoms with Crippen molar-refractivity contribution in [2.24, 2.45) is 0 Å². The lowest BCUT2D eigenvalue weighted by atomic mass is 10.3. The second kappa shape index (κ2) is 9.71. The van der Waals surface area contributed by atoms with E-state index in [4.69, 9.17) is 55.6 Å². The SMILES string of the molecule is O=C(CSc1nnc(COc2ccc(Cl)cc2)o1)Nc1c(Cl)cc(Cl)cc1Cl. The second-order valence-electron chi connectivity index (χ2n) is 5.29. The van der Waals surface area contributed by atoms with E-state index in [9.17, 15) is 4.79 Å². The summed E-state index contributed by atoms with van der Waals surface area (Å²) in [6.07, 6.45) is 0. The van der Waals surface area contributed by atoms with Gasteiger partial charge in [0.25, 0.3) is 11.1 Å². The van der Waals surface area contributed by atoms with Gasteiger partial charge in [-0.3, -0.25) is 4.79 Å². The Morgan fingerprint density at radius 3 is 2.39 bits per heavy atom. The summed E-state index contributed by atoms with van der Waals surface area (Å²) >= 11 is 24.8. The minimum Gasteiger partial charge on any atom is -0.484 e. The van der Waals surface area contributed by atoms with Gasteiger partial charge in [-0.15, -0.1) is 10.2 Å². The zero-order chi connectivity index (χ0) is 20.1. The van der Waals surface area contributed by atoms with Gasteiger partial charge in [0.2, 0.25) is 5.91 Å². The van der Waals surface area contributed by atoms with Crippen LogP contribution in [0.1, 0.15) is 5.89 Å². The summed E-state index contributed by atoms with van der Waals surface area (Å²) in [5.74, 6) is 0.581. The minimum atomic E-state index is -0.340. The van der Waals surface area contributed by atoms with E-state index in [0.717, 1.165) is 11.8 Å². The summed E-state index contributed by atoms with van der Waals surface area (Å²) in [6, 6.07) is 9.86. The highest BCUT2D eigenvalue weighted by molar-refractivity contribution is 7.99. The molecule has 3 rings (SSSR count). The Kier molecular flexibility index (Phi) is 7.31. The van der Waals surface area contributed by atoms with Crippen LogP contribution in [0.25, 0.3) is 0 Å². The molecule has 1 N–H and O–H groups in total. The van der Waals surface area contributed by atoms with E-state index in [1.54, 1.807) is 24.3 Å². The zero-order valence-electron chi connectivity index (χ0n) is 13.9. The molecule has 1 amide bonds. The Morgan fingerprint density at radius 1 is 1.04 bits per heavy atom. The lowest BCUT2D eigenvalue weighted by Gasteiger charge is -2.09. The van der Waals surface area contributed by atoms with Crippen LogP contribution in [0.2, 0.25) is 20.1 Å². The van der Waals surface area contributed by atoms with Gasteiger partial charge in [-0.05, 0) is 36.4 Å². The molecule has 6 nitrogen and oxygen atoms in total. The highest BCUT2D eigenvalue weighted by Gasteiger charge is 2.14. The van der Waals surface area contributed by atoms with Crippen LogP contribution in [-0.2, 0) is 11.4 Å². The van der Waals surface area contributed by atoms with E-state index in [-0.39, 0.29) is 39.4 Å². The van der Waals surface area contributed by atoms with Gasteiger partial charge in [0.1, 0.15) is 5.75 Å². The number of nitrogens with one attached hydrogen (secondary N) is 1. The number of hydrogen-bond donors (Lipinski definition) is 1. The summed E-state index contributed by atoms with van der Waals surface area (Å²) in [5, 5.41) is 12.1. The van der Waals surface area contributed by atoms with Crippen LogP contribution in [0.3, 0.4) is 0 Å². The van der Waals surface area contributed by atoms with Crippen molar-refractivity contribution < 1.29 is 13.9 Å². The molecule has 0 unspecified atom stereocenters. The molecule has 146 valence electrons. The highest BCUT2D eigenvalue weighted by atomic mass is 35.5. The average Bonchev–Trinajstić information content (AvgIpc) is 3.10. The number of rotatable bonds is 7. The molecule has 28 heavy (non-hydrogen) atoms. The fourth-order valence-electron chi connectivity index (χ4n) is 2.00. The third-order valence-corrected chi connectivity index (χ3v) is 5.11. The molecule has 0 atom stereocenters. The number of benzene rings is 2. The maximum atomic E-state index is 12.1. The van der Waals surface area contributed by atoms with E-state index >= 15 is 0 Å². The molecule has 0 radical (unpaired) electrons. The van der Waals surface area contributed by atoms with Crippen LogP contribution < -0.4 is 10.1 Å². The number of thioether (sulfide) groups is 1. The fourth-order valence-corrected chi connectivity index (χ4v) is 3.61. The molecule has 0 saturated heterocycles. The standard InChI is InChI=1S/C17H11Cl4N3O3S/c18-9-1-3-11(4-2-9)26-7-15-23-24-17(27-15)28-8-14(25)22-16-12(20)5-10(19)6-13(16)21/h1-6H,7-8H2,(H,22,25). The molecule has 1 heterocycles. The summed E-state index contributed by atoms with van der Waals surface area (Å²) in [4.78, 5) is 12.1. The molecule has 0 bridgehead atoms. The van der Waals surface area contributed by atoms with Crippen molar-refractivity contribution in [3.63, 3.8) is 0 Å². The first-order valence-corrected chi connectivity index (χ1v) is 10.2. The second-order valence-corrected chi connectivity index (χ2v) is 7.90. The van der Waals surface area contributed by atoms with E-state index in [1.807, 2.05) is 0 Å². The first kappa shape index (κ1) is 21.1. The van der Waals surface area contributed by atoms with E-state index in [2.05, 4.69) is 15.5 Å². The summed E-state index contributed by atoms with van der Waals surface area (Å²) in [5.41, 5.74) is 0.293. The lowest BCUT2D eigenvalue weighted by Crippen LogP contribution is -2.14. The summed E-state index contributed by atoms with van der Waals surface area (Å²) < 4.78 is 11.0. The van der Waals surface area contributed by atoms with Crippen LogP contribution in [-0.4, -0.2) is 21.9 Å². The third kappa shape index (κ3) is 5.93. The van der Waals surface area contributed by atoms with Crippen LogP contribution in [0, 0.1) is 0 Å². The highest BCUT2D eigenvalue weighted by Crippen LogP contribution is 2.33. The molecule has 2 aromatic carbocycles. The van der Waals surface area contributed by atoms with Crippen molar-refractivity contribution in [3.05, 3.63) is 62.4 Å². The Morgan fingerprint density at radius 2 is 1.71 bits per heavy atom. The molecule has 1 aromatic heterocycles. The van der Waals surface area contributed by atoms with E-state index in [1.165, 1.54) is 12.1 Å². The number of nitrogens with zero attached hydrogens (tertiary/aromatic N) is 2. The smallest absolute Gasteiger partial charge is 0.277 e. The molecule has 0 saturated carbocycles. The Hall–Kier alpha value is -1.64. The predicted molar refractivity (Wildman–Crippen MR) is 111 cm³/mol. The van der Waals surface area contributed by atoms with Gasteiger partial charge in [0, 0.05) is 10.0 Å². The molecular weight excluding hydrogens is 468 g/mol. The van der Waals surface area contributed by atoms with Gasteiger partial charge < -0.3 is 14.5 Å². The number of aromatic nitrogens is 2. The maximum absolute atomic E-state index is 12.1. The van der Waals surface area contributed by atoms with Crippen LogP contribution in [0.5, 0.6) is 5.75 Å². The number of hydrogen-bond acceptors (Lipinski definition) is 6. The Balaban J connectivity index is 1.50. The summed E-state index contributed by atoms with van der Waals surface area (Å²) in [6.45, 7) is 0.0946. The van der Waals surface area contributed by atoms with Gasteiger partial charge in [-0.25, -0.2) is 0 Å². The van der Waals surface area contributed by atoms with Crippen molar-refractivity contribution in [2.45, 2.75) is 11.8 Å². The summed E-state index contributed by atoms with van der Waals surface area (Å²) in [7, 11) is 0. The van der Waals surface area contributed by atoms with Crippen LogP contribution >= 0.6 is 58.2 Å². The lowest BCUT2D eigenvalue weighted by molar-refractivity contribution is -0.113. The maximum Gasteiger partial charge on any atom is 0.277 e. The van der Waals surface area contributed by atoms with Gasteiger partial charge in [-0.1, -0.05) is 58.2 Å². The van der Waals surface area contributed by atoms with Crippen molar-refractivity contribution >= 4 is 69.8 Å². The van der Waals surface area contributed by atoms with Crippen LogP contribution in [0.4, 0.5) is 5.69 Å². The Bertz CT molecular complexity index is 959. The number of carbonyl (C=O) groups is 1. The van der Waals surface area contributed by atoms with E-state index < -0.39 is 0 Å². The first-order chi connectivity index (χ1) is 13.4. The molecule has 0 fully saturated rings. The molecule has 0 spiro atoms. The fraction of sp³-hybridized carbons (Fsp3) is 0.118. The number of ether oxygens (including phenoxy) is 1. The average molecular weight is 479 g/mol. The number of anilines is 1.